The molecule has 3 heteroatoms. The summed E-state index contributed by atoms with van der Waals surface area (Å²) in [4.78, 5) is 17.0. The number of nitrogens with zero attached hydrogens (tertiary/aromatic N) is 1. The van der Waals surface area contributed by atoms with Crippen molar-refractivity contribution in [1.82, 2.24) is 4.98 Å². The van der Waals surface area contributed by atoms with Crippen LogP contribution in [0.2, 0.25) is 0 Å². The minimum Gasteiger partial charge on any atom is -0.434 e. The molecule has 0 saturated carbocycles. The molecule has 4 aromatic rings. The third kappa shape index (κ3) is 2.07. The van der Waals surface area contributed by atoms with Crippen molar-refractivity contribution in [3.63, 3.8) is 0 Å². The highest BCUT2D eigenvalue weighted by molar-refractivity contribution is 6.09. The second-order valence-corrected chi connectivity index (χ2v) is 5.38. The zero-order valence-corrected chi connectivity index (χ0v) is 12.0. The SMILES string of the molecule is Cc1ccc2cc3cc(C(=O)c4ccccc4)oc3nc2c1. The van der Waals surface area contributed by atoms with Crippen LogP contribution in [-0.2, 0) is 0 Å². The number of aryl methyl sites for hydroxylation is 1. The largest absolute Gasteiger partial charge is 0.434 e. The van der Waals surface area contributed by atoms with Gasteiger partial charge in [-0.15, -0.1) is 0 Å². The molecule has 0 aliphatic carbocycles. The van der Waals surface area contributed by atoms with Crippen LogP contribution in [0.1, 0.15) is 21.7 Å². The van der Waals surface area contributed by atoms with E-state index in [1.54, 1.807) is 18.2 Å². The van der Waals surface area contributed by atoms with Crippen molar-refractivity contribution in [3.8, 4) is 0 Å². The molecule has 106 valence electrons. The van der Waals surface area contributed by atoms with Gasteiger partial charge >= 0.3 is 0 Å². The third-order valence-electron chi connectivity index (χ3n) is 3.72. The molecule has 0 aliphatic rings. The Morgan fingerprint density at radius 2 is 1.77 bits per heavy atom. The molecule has 0 bridgehead atoms. The summed E-state index contributed by atoms with van der Waals surface area (Å²) < 4.78 is 5.67. The Bertz CT molecular complexity index is 1000. The molecule has 0 aliphatic heterocycles. The molecule has 0 saturated heterocycles. The molecule has 22 heavy (non-hydrogen) atoms. The van der Waals surface area contributed by atoms with Crippen LogP contribution in [0.3, 0.4) is 0 Å². The van der Waals surface area contributed by atoms with Gasteiger partial charge in [0.05, 0.1) is 5.52 Å². The molecule has 0 unspecified atom stereocenters. The Balaban J connectivity index is 1.86. The van der Waals surface area contributed by atoms with E-state index in [-0.39, 0.29) is 5.78 Å². The minimum absolute atomic E-state index is 0.126. The van der Waals surface area contributed by atoms with Crippen molar-refractivity contribution >= 4 is 27.8 Å². The van der Waals surface area contributed by atoms with Crippen molar-refractivity contribution < 1.29 is 9.21 Å². The van der Waals surface area contributed by atoms with E-state index in [0.29, 0.717) is 17.0 Å². The lowest BCUT2D eigenvalue weighted by atomic mass is 10.1. The zero-order valence-electron chi connectivity index (χ0n) is 12.0. The van der Waals surface area contributed by atoms with E-state index in [9.17, 15) is 4.79 Å². The summed E-state index contributed by atoms with van der Waals surface area (Å²) in [7, 11) is 0. The lowest BCUT2D eigenvalue weighted by Gasteiger charge is -1.98. The molecular weight excluding hydrogens is 274 g/mol. The third-order valence-corrected chi connectivity index (χ3v) is 3.72. The maximum absolute atomic E-state index is 12.4. The maximum Gasteiger partial charge on any atom is 0.228 e. The Hall–Kier alpha value is -2.94. The standard InChI is InChI=1S/C19H13NO2/c1-12-7-8-14-10-15-11-17(22-19(15)20-16(14)9-12)18(21)13-5-3-2-4-6-13/h2-11H,1H3. The van der Waals surface area contributed by atoms with Crippen LogP contribution in [0.25, 0.3) is 22.0 Å². The number of rotatable bonds is 2. The Morgan fingerprint density at radius 3 is 2.59 bits per heavy atom. The number of ketones is 1. The van der Waals surface area contributed by atoms with E-state index >= 15 is 0 Å². The van der Waals surface area contributed by atoms with E-state index in [0.717, 1.165) is 21.9 Å². The maximum atomic E-state index is 12.4. The van der Waals surface area contributed by atoms with E-state index in [4.69, 9.17) is 4.42 Å². The number of benzene rings is 2. The second-order valence-electron chi connectivity index (χ2n) is 5.38. The van der Waals surface area contributed by atoms with Gasteiger partial charge in [0, 0.05) is 16.3 Å². The Morgan fingerprint density at radius 1 is 0.955 bits per heavy atom. The van der Waals surface area contributed by atoms with Gasteiger partial charge in [-0.05, 0) is 30.7 Å². The number of hydrogen-bond acceptors (Lipinski definition) is 3. The highest BCUT2D eigenvalue weighted by Gasteiger charge is 2.15. The van der Waals surface area contributed by atoms with Crippen molar-refractivity contribution in [2.45, 2.75) is 6.92 Å². The number of hydrogen-bond donors (Lipinski definition) is 0. The van der Waals surface area contributed by atoms with Gasteiger partial charge in [0.25, 0.3) is 0 Å². The quantitative estimate of drug-likeness (QED) is 0.509. The van der Waals surface area contributed by atoms with E-state index in [2.05, 4.69) is 4.98 Å². The first-order valence-electron chi connectivity index (χ1n) is 7.11. The highest BCUT2D eigenvalue weighted by Crippen LogP contribution is 2.24. The molecule has 0 radical (unpaired) electrons. The average molecular weight is 287 g/mol. The van der Waals surface area contributed by atoms with E-state index in [1.807, 2.05) is 49.4 Å². The fraction of sp³-hybridized carbons (Fsp3) is 0.0526. The molecule has 2 aromatic carbocycles. The lowest BCUT2D eigenvalue weighted by molar-refractivity contribution is 0.101. The Labute approximate surface area is 127 Å². The van der Waals surface area contributed by atoms with E-state index in [1.165, 1.54) is 0 Å². The number of furan rings is 1. The topological polar surface area (TPSA) is 43.1 Å². The smallest absolute Gasteiger partial charge is 0.228 e. The summed E-state index contributed by atoms with van der Waals surface area (Å²) in [5.41, 5.74) is 3.13. The normalized spacial score (nSPS) is 11.1. The van der Waals surface area contributed by atoms with Crippen LogP contribution < -0.4 is 0 Å². The Kier molecular flexibility index (Phi) is 2.79. The fourth-order valence-electron chi connectivity index (χ4n) is 2.58. The summed E-state index contributed by atoms with van der Waals surface area (Å²) in [5, 5.41) is 1.88. The predicted octanol–water partition coefficient (Wildman–Crippen LogP) is 4.52. The first-order valence-corrected chi connectivity index (χ1v) is 7.11. The summed E-state index contributed by atoms with van der Waals surface area (Å²) in [6.45, 7) is 2.03. The van der Waals surface area contributed by atoms with Gasteiger partial charge in [0.15, 0.2) is 5.76 Å². The monoisotopic (exact) mass is 287 g/mol. The van der Waals surface area contributed by atoms with Crippen molar-refractivity contribution in [1.29, 1.82) is 0 Å². The van der Waals surface area contributed by atoms with Gasteiger partial charge in [0.1, 0.15) is 0 Å². The summed E-state index contributed by atoms with van der Waals surface area (Å²) in [6.07, 6.45) is 0. The number of carbonyl (C=O) groups is 1. The molecule has 2 aromatic heterocycles. The molecular formula is C19H13NO2. The number of aromatic nitrogens is 1. The molecule has 0 amide bonds. The van der Waals surface area contributed by atoms with Crippen LogP contribution in [0.15, 0.2) is 65.1 Å². The molecule has 0 atom stereocenters. The molecule has 0 N–H and O–H groups in total. The predicted molar refractivity (Wildman–Crippen MR) is 86.1 cm³/mol. The molecule has 2 heterocycles. The van der Waals surface area contributed by atoms with Gasteiger partial charge in [-0.1, -0.05) is 42.5 Å². The van der Waals surface area contributed by atoms with Crippen molar-refractivity contribution in [2.75, 3.05) is 0 Å². The second kappa shape index (κ2) is 4.81. The van der Waals surface area contributed by atoms with Crippen LogP contribution >= 0.6 is 0 Å². The lowest BCUT2D eigenvalue weighted by Crippen LogP contribution is -1.98. The number of carbonyl (C=O) groups excluding carboxylic acids is 1. The summed E-state index contributed by atoms with van der Waals surface area (Å²) in [5.74, 6) is 0.194. The first kappa shape index (κ1) is 12.8. The highest BCUT2D eigenvalue weighted by atomic mass is 16.4. The van der Waals surface area contributed by atoms with Crippen LogP contribution in [0, 0.1) is 6.92 Å². The number of pyridine rings is 1. The van der Waals surface area contributed by atoms with Crippen LogP contribution in [0.4, 0.5) is 0 Å². The molecule has 0 spiro atoms. The molecule has 3 nitrogen and oxygen atoms in total. The van der Waals surface area contributed by atoms with Gasteiger partial charge < -0.3 is 4.42 Å². The van der Waals surface area contributed by atoms with Gasteiger partial charge in [-0.25, -0.2) is 4.98 Å². The summed E-state index contributed by atoms with van der Waals surface area (Å²) >= 11 is 0. The number of fused-ring (bicyclic) bond motifs is 2. The first-order chi connectivity index (χ1) is 10.7. The molecule has 4 rings (SSSR count). The summed E-state index contributed by atoms with van der Waals surface area (Å²) in [6, 6.07) is 19.0. The van der Waals surface area contributed by atoms with Gasteiger partial charge in [-0.3, -0.25) is 4.79 Å². The van der Waals surface area contributed by atoms with Crippen LogP contribution in [0.5, 0.6) is 0 Å². The van der Waals surface area contributed by atoms with Gasteiger partial charge in [-0.2, -0.15) is 0 Å². The van der Waals surface area contributed by atoms with Crippen LogP contribution in [-0.4, -0.2) is 10.8 Å². The van der Waals surface area contributed by atoms with Crippen molar-refractivity contribution in [2.24, 2.45) is 0 Å². The van der Waals surface area contributed by atoms with E-state index < -0.39 is 0 Å². The minimum atomic E-state index is -0.126. The fourth-order valence-corrected chi connectivity index (χ4v) is 2.58. The average Bonchev–Trinajstić information content (AvgIpc) is 2.95. The van der Waals surface area contributed by atoms with Gasteiger partial charge in [0.2, 0.25) is 11.5 Å². The zero-order chi connectivity index (χ0) is 15.1. The molecule has 0 fully saturated rings. The van der Waals surface area contributed by atoms with Crippen molar-refractivity contribution in [3.05, 3.63) is 77.6 Å².